The Morgan fingerprint density at radius 3 is 2.58 bits per heavy atom. The average Bonchev–Trinajstić information content (AvgIpc) is 3.22. The zero-order valence-corrected chi connectivity index (χ0v) is 21.2. The minimum atomic E-state index is -0.0755. The number of amides is 1. The van der Waals surface area contributed by atoms with E-state index in [-0.39, 0.29) is 5.91 Å². The molecule has 1 amide bonds. The largest absolute Gasteiger partial charge is 0.341 e. The molecule has 2 aromatic heterocycles. The molecule has 0 fully saturated rings. The van der Waals surface area contributed by atoms with Crippen molar-refractivity contribution < 1.29 is 4.79 Å². The second-order valence-electron chi connectivity index (χ2n) is 8.31. The van der Waals surface area contributed by atoms with Gasteiger partial charge in [-0.2, -0.15) is 5.26 Å². The summed E-state index contributed by atoms with van der Waals surface area (Å²) in [5.74, 6) is 0.433. The number of halogens is 1. The summed E-state index contributed by atoms with van der Waals surface area (Å²) in [4.78, 5) is 17.4. The van der Waals surface area contributed by atoms with Crippen molar-refractivity contribution in [2.75, 3.05) is 11.1 Å². The first-order valence-corrected chi connectivity index (χ1v) is 13.0. The lowest BCUT2D eigenvalue weighted by molar-refractivity contribution is -0.115. The predicted octanol–water partition coefficient (Wildman–Crippen LogP) is 7.52. The third kappa shape index (κ3) is 4.81. The molecule has 0 aliphatic carbocycles. The number of carbonyl (C=O) groups excluding carboxylic acids is 1. The summed E-state index contributed by atoms with van der Waals surface area (Å²) in [6.07, 6.45) is 0.303. The van der Waals surface area contributed by atoms with Gasteiger partial charge in [-0.1, -0.05) is 41.9 Å². The van der Waals surface area contributed by atoms with Crippen LogP contribution in [0.1, 0.15) is 18.9 Å². The topological polar surface area (TPSA) is 70.7 Å². The molecule has 0 aliphatic heterocycles. The first-order valence-electron chi connectivity index (χ1n) is 11.7. The van der Waals surface area contributed by atoms with E-state index in [1.54, 1.807) is 6.07 Å². The van der Waals surface area contributed by atoms with E-state index in [4.69, 9.17) is 11.6 Å². The number of benzene rings is 3. The molecule has 0 bridgehead atoms. The Hall–Kier alpha value is -3.79. The Balaban J connectivity index is 1.27. The molecule has 0 saturated heterocycles. The van der Waals surface area contributed by atoms with Crippen LogP contribution in [-0.4, -0.2) is 21.2 Å². The lowest BCUT2D eigenvalue weighted by Crippen LogP contribution is -2.12. The van der Waals surface area contributed by atoms with Gasteiger partial charge in [0, 0.05) is 56.8 Å². The molecule has 0 atom stereocenters. The van der Waals surface area contributed by atoms with Crippen LogP contribution in [-0.2, 0) is 11.3 Å². The normalized spacial score (nSPS) is 11.0. The van der Waals surface area contributed by atoms with Gasteiger partial charge >= 0.3 is 0 Å². The van der Waals surface area contributed by atoms with E-state index in [2.05, 4.69) is 46.1 Å². The van der Waals surface area contributed by atoms with E-state index in [0.29, 0.717) is 27.8 Å². The summed E-state index contributed by atoms with van der Waals surface area (Å²) in [5, 5.41) is 16.1. The number of thioether (sulfide) groups is 1. The fourth-order valence-corrected chi connectivity index (χ4v) is 5.39. The summed E-state index contributed by atoms with van der Waals surface area (Å²) in [5.41, 5.74) is 5.30. The van der Waals surface area contributed by atoms with Crippen molar-refractivity contribution in [1.82, 2.24) is 9.55 Å². The summed E-state index contributed by atoms with van der Waals surface area (Å²) in [6.45, 7) is 3.02. The van der Waals surface area contributed by atoms with E-state index in [1.807, 2.05) is 54.6 Å². The number of aromatic nitrogens is 2. The highest BCUT2D eigenvalue weighted by molar-refractivity contribution is 7.99. The monoisotopic (exact) mass is 510 g/mol. The molecule has 7 heteroatoms. The van der Waals surface area contributed by atoms with E-state index in [9.17, 15) is 10.1 Å². The summed E-state index contributed by atoms with van der Waals surface area (Å²) >= 11 is 7.40. The zero-order chi connectivity index (χ0) is 25.1. The summed E-state index contributed by atoms with van der Waals surface area (Å²) in [7, 11) is 0. The van der Waals surface area contributed by atoms with Crippen LogP contribution in [0.25, 0.3) is 33.1 Å². The minimum absolute atomic E-state index is 0.0755. The van der Waals surface area contributed by atoms with Crippen molar-refractivity contribution in [1.29, 1.82) is 5.26 Å². The van der Waals surface area contributed by atoms with Crippen molar-refractivity contribution in [2.45, 2.75) is 24.9 Å². The second-order valence-corrected chi connectivity index (χ2v) is 9.83. The Morgan fingerprint density at radius 1 is 1.03 bits per heavy atom. The summed E-state index contributed by atoms with van der Waals surface area (Å²) < 4.78 is 2.28. The highest BCUT2D eigenvalue weighted by Crippen LogP contribution is 2.31. The molecule has 0 unspecified atom stereocenters. The smallest absolute Gasteiger partial charge is 0.225 e. The standard InChI is InChI=1S/C29H23ClN4OS/c1-2-34-26-6-4-3-5-23(26)24-17-22(12-14-27(24)34)32-28(35)15-16-36-29-20(18-31)9-13-25(33-29)19-7-10-21(30)11-8-19/h3-14,17H,2,15-16H2,1H3,(H,32,35). The lowest BCUT2D eigenvalue weighted by Gasteiger charge is -2.08. The molecular weight excluding hydrogens is 488 g/mol. The number of anilines is 1. The maximum absolute atomic E-state index is 12.7. The van der Waals surface area contributed by atoms with Gasteiger partial charge in [0.05, 0.1) is 11.3 Å². The molecule has 5 rings (SSSR count). The Kier molecular flexibility index (Phi) is 6.95. The van der Waals surface area contributed by atoms with Gasteiger partial charge in [0.1, 0.15) is 11.1 Å². The van der Waals surface area contributed by atoms with Crippen LogP contribution < -0.4 is 5.32 Å². The summed E-state index contributed by atoms with van der Waals surface area (Å²) in [6, 6.07) is 27.6. The average molecular weight is 511 g/mol. The highest BCUT2D eigenvalue weighted by Gasteiger charge is 2.12. The van der Waals surface area contributed by atoms with Gasteiger partial charge in [-0.15, -0.1) is 11.8 Å². The number of carbonyl (C=O) groups is 1. The molecule has 36 heavy (non-hydrogen) atoms. The second kappa shape index (κ2) is 10.4. The molecule has 5 aromatic rings. The number of para-hydroxylation sites is 1. The number of nitrogens with one attached hydrogen (secondary N) is 1. The van der Waals surface area contributed by atoms with Crippen LogP contribution in [0.4, 0.5) is 5.69 Å². The SMILES string of the molecule is CCn1c2ccccc2c2cc(NC(=O)CCSc3nc(-c4ccc(Cl)cc4)ccc3C#N)ccc21. The first kappa shape index (κ1) is 23.9. The third-order valence-corrected chi connectivity index (χ3v) is 7.31. The molecule has 1 N–H and O–H groups in total. The van der Waals surface area contributed by atoms with Crippen LogP contribution in [0.5, 0.6) is 0 Å². The van der Waals surface area contributed by atoms with Crippen molar-refractivity contribution >= 4 is 56.8 Å². The Labute approximate surface area is 218 Å². The number of pyridine rings is 1. The first-order chi connectivity index (χ1) is 17.6. The van der Waals surface area contributed by atoms with Crippen LogP contribution >= 0.6 is 23.4 Å². The Bertz CT molecular complexity index is 1620. The number of rotatable bonds is 7. The van der Waals surface area contributed by atoms with Gasteiger partial charge in [0.25, 0.3) is 0 Å². The van der Waals surface area contributed by atoms with Crippen molar-refractivity contribution in [3.8, 4) is 17.3 Å². The van der Waals surface area contributed by atoms with Crippen LogP contribution in [0.2, 0.25) is 5.02 Å². The molecule has 0 radical (unpaired) electrons. The Morgan fingerprint density at radius 2 is 1.81 bits per heavy atom. The highest BCUT2D eigenvalue weighted by atomic mass is 35.5. The predicted molar refractivity (Wildman–Crippen MR) is 148 cm³/mol. The van der Waals surface area contributed by atoms with E-state index in [0.717, 1.165) is 34.4 Å². The fourth-order valence-electron chi connectivity index (χ4n) is 4.35. The number of hydrogen-bond acceptors (Lipinski definition) is 4. The number of nitriles is 1. The van der Waals surface area contributed by atoms with E-state index >= 15 is 0 Å². The molecule has 178 valence electrons. The number of hydrogen-bond donors (Lipinski definition) is 1. The van der Waals surface area contributed by atoms with Crippen molar-refractivity contribution in [3.63, 3.8) is 0 Å². The van der Waals surface area contributed by atoms with Crippen LogP contribution in [0, 0.1) is 11.3 Å². The van der Waals surface area contributed by atoms with Gasteiger partial charge in [-0.05, 0) is 55.5 Å². The van der Waals surface area contributed by atoms with Gasteiger partial charge in [-0.3, -0.25) is 4.79 Å². The van der Waals surface area contributed by atoms with Gasteiger partial charge < -0.3 is 9.88 Å². The molecular formula is C29H23ClN4OS. The number of fused-ring (bicyclic) bond motifs is 3. The van der Waals surface area contributed by atoms with Crippen LogP contribution in [0.15, 0.2) is 83.9 Å². The maximum atomic E-state index is 12.7. The van der Waals surface area contributed by atoms with Gasteiger partial charge in [0.2, 0.25) is 5.91 Å². The fraction of sp³-hybridized carbons (Fsp3) is 0.138. The van der Waals surface area contributed by atoms with Gasteiger partial charge in [0.15, 0.2) is 0 Å². The minimum Gasteiger partial charge on any atom is -0.341 e. The third-order valence-electron chi connectivity index (χ3n) is 6.06. The quantitative estimate of drug-likeness (QED) is 0.230. The molecule has 3 aromatic carbocycles. The molecule has 0 aliphatic rings. The number of nitrogens with zero attached hydrogens (tertiary/aromatic N) is 3. The van der Waals surface area contributed by atoms with E-state index in [1.165, 1.54) is 22.7 Å². The molecule has 0 saturated carbocycles. The zero-order valence-electron chi connectivity index (χ0n) is 19.7. The molecule has 2 heterocycles. The molecule has 5 nitrogen and oxygen atoms in total. The number of aryl methyl sites for hydroxylation is 1. The van der Waals surface area contributed by atoms with E-state index < -0.39 is 0 Å². The van der Waals surface area contributed by atoms with Gasteiger partial charge in [-0.25, -0.2) is 4.98 Å². The lowest BCUT2D eigenvalue weighted by atomic mass is 10.1. The molecule has 0 spiro atoms. The van der Waals surface area contributed by atoms with Crippen molar-refractivity contribution in [2.24, 2.45) is 0 Å². The maximum Gasteiger partial charge on any atom is 0.225 e. The van der Waals surface area contributed by atoms with Crippen molar-refractivity contribution in [3.05, 3.63) is 89.4 Å². The van der Waals surface area contributed by atoms with Crippen LogP contribution in [0.3, 0.4) is 0 Å².